The van der Waals surface area contributed by atoms with E-state index in [1.807, 2.05) is 24.3 Å². The van der Waals surface area contributed by atoms with Crippen LogP contribution in [0.1, 0.15) is 94.7 Å². The minimum atomic E-state index is -0.466. The molecule has 15 nitrogen and oxygen atoms in total. The summed E-state index contributed by atoms with van der Waals surface area (Å²) in [4.78, 5) is 57.8. The van der Waals surface area contributed by atoms with Crippen LogP contribution in [-0.2, 0) is 33.9 Å². The average molecular weight is 727 g/mol. The number of hydrogen-bond donors (Lipinski definition) is 1. The third-order valence-corrected chi connectivity index (χ3v) is 10.2. The highest BCUT2D eigenvalue weighted by Gasteiger charge is 2.53. The first-order chi connectivity index (χ1) is 25.7. The van der Waals surface area contributed by atoms with E-state index in [0.29, 0.717) is 48.5 Å². The zero-order valence-corrected chi connectivity index (χ0v) is 30.5. The molecule has 2 saturated carbocycles. The highest BCUT2D eigenvalue weighted by molar-refractivity contribution is 5.90. The van der Waals surface area contributed by atoms with Crippen LogP contribution in [0.3, 0.4) is 0 Å². The van der Waals surface area contributed by atoms with Gasteiger partial charge in [-0.25, -0.2) is 34.3 Å². The molecule has 4 aromatic rings. The summed E-state index contributed by atoms with van der Waals surface area (Å²) >= 11 is 0. The van der Waals surface area contributed by atoms with Crippen molar-refractivity contribution in [2.45, 2.75) is 66.2 Å². The van der Waals surface area contributed by atoms with E-state index in [1.54, 1.807) is 55.0 Å². The smallest absolute Gasteiger partial charge is 0.358 e. The number of aliphatic hydroxyl groups excluding tert-OH is 1. The monoisotopic (exact) mass is 726 g/mol. The maximum absolute atomic E-state index is 12.5. The van der Waals surface area contributed by atoms with Crippen LogP contribution in [0.4, 0.5) is 11.6 Å². The number of anilines is 2. The second kappa shape index (κ2) is 15.0. The molecule has 4 fully saturated rings. The fourth-order valence-corrected chi connectivity index (χ4v) is 6.88. The summed E-state index contributed by atoms with van der Waals surface area (Å²) in [6.07, 6.45) is 11.6. The van der Waals surface area contributed by atoms with Gasteiger partial charge >= 0.3 is 17.9 Å². The summed E-state index contributed by atoms with van der Waals surface area (Å²) in [6, 6.07) is 7.84. The highest BCUT2D eigenvalue weighted by Crippen LogP contribution is 2.54. The van der Waals surface area contributed by atoms with Gasteiger partial charge in [-0.1, -0.05) is 12.1 Å². The summed E-state index contributed by atoms with van der Waals surface area (Å²) in [5.41, 5.74) is 4.21. The first kappa shape index (κ1) is 36.1. The lowest BCUT2D eigenvalue weighted by molar-refractivity contribution is 0.0508. The van der Waals surface area contributed by atoms with Gasteiger partial charge in [0, 0.05) is 55.0 Å². The number of imidazole rings is 2. The molecule has 6 heterocycles. The Morgan fingerprint density at radius 1 is 0.660 bits per heavy atom. The fourth-order valence-electron chi connectivity index (χ4n) is 6.88. The summed E-state index contributed by atoms with van der Waals surface area (Å²) in [5, 5.41) is 9.69. The van der Waals surface area contributed by atoms with E-state index in [1.165, 1.54) is 25.7 Å². The standard InChI is InChI=1S/C20H24N4O4.C18H22N4O3/c1-3-27-18(25)15-10-23(13-21-15)9-14-5-6-16(22-17(14)19(26)28-4-2)24-11-20(12-24)7-8-20;1-2-25-17(24)14-8-21(12-19-14)7-13-3-4-16(20-15(13)9-23)22-10-18(11-22)5-6-18/h5-6,10,13H,3-4,7-9,11-12H2,1-2H3;3-4,8,12,23H,2,5-7,9-11H2,1H3. The number of ether oxygens (including phenoxy) is 3. The van der Waals surface area contributed by atoms with Crippen LogP contribution in [-0.4, -0.2) is 98.1 Å². The third kappa shape index (κ3) is 8.04. The molecule has 0 amide bonds. The second-order valence-electron chi connectivity index (χ2n) is 14.3. The third-order valence-electron chi connectivity index (χ3n) is 10.2. The van der Waals surface area contributed by atoms with Crippen LogP contribution in [0.2, 0.25) is 0 Å². The fraction of sp³-hybridized carbons (Fsp3) is 0.500. The first-order valence-electron chi connectivity index (χ1n) is 18.3. The molecule has 2 aliphatic heterocycles. The maximum atomic E-state index is 12.5. The van der Waals surface area contributed by atoms with Crippen LogP contribution in [0.25, 0.3) is 0 Å². The molecule has 0 radical (unpaired) electrons. The molecule has 1 N–H and O–H groups in total. The summed E-state index contributed by atoms with van der Waals surface area (Å²) in [6.45, 7) is 11.1. The average Bonchev–Trinajstić information content (AvgIpc) is 4.01. The van der Waals surface area contributed by atoms with Gasteiger partial charge in [-0.2, -0.15) is 0 Å². The van der Waals surface area contributed by atoms with Crippen molar-refractivity contribution in [3.8, 4) is 0 Å². The van der Waals surface area contributed by atoms with Crippen LogP contribution in [0.5, 0.6) is 0 Å². The van der Waals surface area contributed by atoms with Gasteiger partial charge in [0.2, 0.25) is 0 Å². The van der Waals surface area contributed by atoms with Crippen molar-refractivity contribution in [1.82, 2.24) is 29.1 Å². The lowest BCUT2D eigenvalue weighted by Crippen LogP contribution is -2.49. The summed E-state index contributed by atoms with van der Waals surface area (Å²) < 4.78 is 18.6. The number of rotatable bonds is 13. The molecular formula is C38H46N8O7. The normalized spacial score (nSPS) is 17.0. The maximum Gasteiger partial charge on any atom is 0.358 e. The van der Waals surface area contributed by atoms with E-state index in [4.69, 9.17) is 14.2 Å². The molecule has 0 atom stereocenters. The molecule has 4 aliphatic rings. The molecule has 53 heavy (non-hydrogen) atoms. The predicted molar refractivity (Wildman–Crippen MR) is 193 cm³/mol. The summed E-state index contributed by atoms with van der Waals surface area (Å²) in [5.74, 6) is 0.410. The first-order valence-corrected chi connectivity index (χ1v) is 18.3. The molecule has 8 rings (SSSR count). The molecule has 2 spiro atoms. The van der Waals surface area contributed by atoms with E-state index in [0.717, 1.165) is 48.9 Å². The van der Waals surface area contributed by atoms with Gasteiger partial charge in [0.15, 0.2) is 17.1 Å². The Labute approximate surface area is 307 Å². The molecule has 0 bridgehead atoms. The van der Waals surface area contributed by atoms with Crippen molar-refractivity contribution < 1.29 is 33.7 Å². The van der Waals surface area contributed by atoms with Crippen LogP contribution in [0, 0.1) is 10.8 Å². The second-order valence-corrected chi connectivity index (χ2v) is 14.3. The Balaban J connectivity index is 0.000000165. The Hall–Kier alpha value is -5.31. The number of carbonyl (C=O) groups excluding carboxylic acids is 3. The zero-order valence-electron chi connectivity index (χ0n) is 30.5. The SMILES string of the molecule is CCOC(=O)c1cn(Cc2ccc(N3CC4(CC4)C3)nc2C(=O)OCC)cn1.CCOC(=O)c1cn(Cc2ccc(N3CC4(CC4)C3)nc2CO)cn1. The highest BCUT2D eigenvalue weighted by atomic mass is 16.5. The topological polar surface area (TPSA) is 167 Å². The Morgan fingerprint density at radius 3 is 1.58 bits per heavy atom. The van der Waals surface area contributed by atoms with E-state index in [9.17, 15) is 19.5 Å². The number of carbonyl (C=O) groups is 3. The van der Waals surface area contributed by atoms with Crippen molar-refractivity contribution in [1.29, 1.82) is 0 Å². The molecule has 2 aliphatic carbocycles. The van der Waals surface area contributed by atoms with E-state index >= 15 is 0 Å². The van der Waals surface area contributed by atoms with Crippen molar-refractivity contribution in [3.05, 3.63) is 83.2 Å². The Kier molecular flexibility index (Phi) is 10.2. The van der Waals surface area contributed by atoms with Gasteiger partial charge in [-0.3, -0.25) is 0 Å². The number of hydrogen-bond acceptors (Lipinski definition) is 13. The molecule has 2 saturated heterocycles. The molecule has 4 aromatic heterocycles. The van der Waals surface area contributed by atoms with Crippen LogP contribution >= 0.6 is 0 Å². The van der Waals surface area contributed by atoms with Gasteiger partial charge in [0.05, 0.1) is 57.9 Å². The number of pyridine rings is 2. The number of aliphatic hydroxyl groups is 1. The quantitative estimate of drug-likeness (QED) is 0.156. The minimum absolute atomic E-state index is 0.110. The number of nitrogens with zero attached hydrogens (tertiary/aromatic N) is 8. The van der Waals surface area contributed by atoms with Gasteiger partial charge in [-0.05, 0) is 64.2 Å². The zero-order chi connectivity index (χ0) is 37.2. The van der Waals surface area contributed by atoms with Crippen LogP contribution < -0.4 is 9.80 Å². The van der Waals surface area contributed by atoms with E-state index in [2.05, 4.69) is 29.7 Å². The summed E-state index contributed by atoms with van der Waals surface area (Å²) in [7, 11) is 0. The lowest BCUT2D eigenvalue weighted by Gasteiger charge is -2.41. The molecule has 0 aromatic carbocycles. The Morgan fingerprint density at radius 2 is 1.11 bits per heavy atom. The lowest BCUT2D eigenvalue weighted by atomic mass is 9.97. The Bertz CT molecular complexity index is 1970. The van der Waals surface area contributed by atoms with Gasteiger partial charge < -0.3 is 38.3 Å². The van der Waals surface area contributed by atoms with E-state index in [-0.39, 0.29) is 24.6 Å². The van der Waals surface area contributed by atoms with Crippen LogP contribution in [0.15, 0.2) is 49.3 Å². The number of esters is 3. The largest absolute Gasteiger partial charge is 0.461 e. The molecule has 0 unspecified atom stereocenters. The van der Waals surface area contributed by atoms with Gasteiger partial charge in [-0.15, -0.1) is 0 Å². The van der Waals surface area contributed by atoms with Gasteiger partial charge in [0.25, 0.3) is 0 Å². The predicted octanol–water partition coefficient (Wildman–Crippen LogP) is 3.88. The van der Waals surface area contributed by atoms with Gasteiger partial charge in [0.1, 0.15) is 11.6 Å². The van der Waals surface area contributed by atoms with Crippen molar-refractivity contribution in [2.75, 3.05) is 55.8 Å². The molecule has 15 heteroatoms. The molecule has 280 valence electrons. The van der Waals surface area contributed by atoms with Crippen molar-refractivity contribution in [2.24, 2.45) is 10.8 Å². The molecular weight excluding hydrogens is 680 g/mol. The number of aromatic nitrogens is 6. The van der Waals surface area contributed by atoms with E-state index < -0.39 is 17.9 Å². The van der Waals surface area contributed by atoms with Crippen molar-refractivity contribution >= 4 is 29.5 Å². The van der Waals surface area contributed by atoms with Crippen molar-refractivity contribution in [3.63, 3.8) is 0 Å². The minimum Gasteiger partial charge on any atom is -0.461 e.